The lowest BCUT2D eigenvalue weighted by Gasteiger charge is -2.58. The van der Waals surface area contributed by atoms with Gasteiger partial charge in [0.15, 0.2) is 0 Å². The number of unbranched alkanes of at least 4 members (excludes halogenated alkanes) is 6. The third-order valence-corrected chi connectivity index (χ3v) is 14.3. The summed E-state index contributed by atoms with van der Waals surface area (Å²) in [7, 11) is 0. The molecule has 8 atom stereocenters. The monoisotopic (exact) mass is 701 g/mol. The number of carbonyl (C=O) groups excluding carboxylic acids is 1. The van der Waals surface area contributed by atoms with Crippen molar-refractivity contribution in [2.45, 2.75) is 195 Å². The lowest BCUT2D eigenvalue weighted by Crippen LogP contribution is -2.51. The Morgan fingerprint density at radius 2 is 1.43 bits per heavy atom. The molecule has 0 aromatic rings. The van der Waals surface area contributed by atoms with Gasteiger partial charge in [0, 0.05) is 12.8 Å². The maximum absolute atomic E-state index is 12.8. The maximum atomic E-state index is 12.8. The maximum Gasteiger partial charge on any atom is 0.306 e. The van der Waals surface area contributed by atoms with Gasteiger partial charge < -0.3 is 4.74 Å². The average Bonchev–Trinajstić information content (AvgIpc) is 3.46. The Labute approximate surface area is 316 Å². The molecule has 4 aliphatic rings. The number of hydrogen-bond acceptors (Lipinski definition) is 2. The van der Waals surface area contributed by atoms with Crippen LogP contribution in [0.1, 0.15) is 189 Å². The molecule has 0 N–H and O–H groups in total. The smallest absolute Gasteiger partial charge is 0.306 e. The molecular formula is C49H80O2. The van der Waals surface area contributed by atoms with Gasteiger partial charge in [-0.3, -0.25) is 4.79 Å². The molecule has 2 nitrogen and oxygen atoms in total. The van der Waals surface area contributed by atoms with E-state index in [0.29, 0.717) is 17.3 Å². The summed E-state index contributed by atoms with van der Waals surface area (Å²) in [5.74, 6) is 5.25. The molecule has 0 spiro atoms. The van der Waals surface area contributed by atoms with Crippen LogP contribution in [0.15, 0.2) is 60.3 Å². The van der Waals surface area contributed by atoms with Crippen molar-refractivity contribution in [1.29, 1.82) is 0 Å². The Kier molecular flexibility index (Phi) is 17.9. The second-order valence-corrected chi connectivity index (χ2v) is 18.3. The minimum atomic E-state index is 0.0311. The van der Waals surface area contributed by atoms with E-state index in [4.69, 9.17) is 4.74 Å². The summed E-state index contributed by atoms with van der Waals surface area (Å²) >= 11 is 0. The zero-order chi connectivity index (χ0) is 36.5. The Hall–Kier alpha value is -1.83. The van der Waals surface area contributed by atoms with E-state index in [2.05, 4.69) is 96.2 Å². The van der Waals surface area contributed by atoms with E-state index >= 15 is 0 Å². The highest BCUT2D eigenvalue weighted by Crippen LogP contribution is 2.67. The van der Waals surface area contributed by atoms with Crippen LogP contribution in [0, 0.1) is 46.3 Å². The molecule has 0 aromatic heterocycles. The first kappa shape index (κ1) is 41.9. The van der Waals surface area contributed by atoms with Crippen molar-refractivity contribution in [2.75, 3.05) is 0 Å². The molecule has 0 aliphatic heterocycles. The fourth-order valence-electron chi connectivity index (χ4n) is 11.3. The predicted octanol–water partition coefficient (Wildman–Crippen LogP) is 14.9. The van der Waals surface area contributed by atoms with E-state index in [1.165, 1.54) is 83.5 Å². The minimum Gasteiger partial charge on any atom is -0.462 e. The van der Waals surface area contributed by atoms with Gasteiger partial charge in [-0.2, -0.15) is 0 Å². The molecule has 0 saturated heterocycles. The Morgan fingerprint density at radius 3 is 2.10 bits per heavy atom. The van der Waals surface area contributed by atoms with E-state index < -0.39 is 0 Å². The van der Waals surface area contributed by atoms with Gasteiger partial charge in [0.2, 0.25) is 0 Å². The third-order valence-electron chi connectivity index (χ3n) is 14.3. The summed E-state index contributed by atoms with van der Waals surface area (Å²) in [6, 6.07) is 0. The van der Waals surface area contributed by atoms with E-state index in [-0.39, 0.29) is 12.1 Å². The van der Waals surface area contributed by atoms with Crippen LogP contribution in [0.5, 0.6) is 0 Å². The van der Waals surface area contributed by atoms with Gasteiger partial charge in [0.05, 0.1) is 0 Å². The quantitative estimate of drug-likeness (QED) is 0.0638. The lowest BCUT2D eigenvalue weighted by atomic mass is 9.47. The minimum absolute atomic E-state index is 0.0311. The Bertz CT molecular complexity index is 1170. The van der Waals surface area contributed by atoms with Gasteiger partial charge in [-0.25, -0.2) is 0 Å². The summed E-state index contributed by atoms with van der Waals surface area (Å²) in [6.07, 6.45) is 48.6. The topological polar surface area (TPSA) is 26.3 Å². The standard InChI is InChI=1S/C49H80O2/c1-7-8-9-10-11-12-13-14-15-16-17-18-19-20-21-22-23-24-25-29-47(50)51-42-34-36-48(5)41(38-42)30-31-43-45-33-32-44(40(4)28-26-27-39(2)3)49(45,6)37-35-46(43)48/h11-12,14-15,17-18,20-21,30,39-40,42-46H,7-10,13,16,19,22-29,31-38H2,1-6H3/b12-11+,15-14+,18-17+,21-20+/t40-,42+,43+,44-,45+,46+,48+,49-/m1/s1. The number of fused-ring (bicyclic) bond motifs is 5. The molecule has 0 aromatic carbocycles. The highest BCUT2D eigenvalue weighted by Gasteiger charge is 2.59. The second-order valence-electron chi connectivity index (χ2n) is 18.3. The van der Waals surface area contributed by atoms with Crippen molar-refractivity contribution >= 4 is 5.97 Å². The van der Waals surface area contributed by atoms with Gasteiger partial charge >= 0.3 is 5.97 Å². The number of esters is 1. The number of hydrogen-bond donors (Lipinski definition) is 0. The van der Waals surface area contributed by atoms with Crippen LogP contribution in [0.3, 0.4) is 0 Å². The zero-order valence-corrected chi connectivity index (χ0v) is 34.3. The summed E-state index contributed by atoms with van der Waals surface area (Å²) in [5.41, 5.74) is 2.49. The Morgan fingerprint density at radius 1 is 0.765 bits per heavy atom. The van der Waals surface area contributed by atoms with Gasteiger partial charge in [-0.1, -0.05) is 140 Å². The number of ether oxygens (including phenoxy) is 1. The number of allylic oxidation sites excluding steroid dienone is 9. The van der Waals surface area contributed by atoms with Crippen molar-refractivity contribution in [3.05, 3.63) is 60.3 Å². The van der Waals surface area contributed by atoms with Crippen LogP contribution in [0.25, 0.3) is 0 Å². The summed E-state index contributed by atoms with van der Waals surface area (Å²) in [4.78, 5) is 12.8. The van der Waals surface area contributed by atoms with Crippen molar-refractivity contribution < 1.29 is 9.53 Å². The fourth-order valence-corrected chi connectivity index (χ4v) is 11.3. The van der Waals surface area contributed by atoms with Crippen LogP contribution in [-0.4, -0.2) is 12.1 Å². The summed E-state index contributed by atoms with van der Waals surface area (Å²) in [5, 5.41) is 0. The van der Waals surface area contributed by atoms with Crippen molar-refractivity contribution in [3.63, 3.8) is 0 Å². The van der Waals surface area contributed by atoms with E-state index in [0.717, 1.165) is 93.3 Å². The predicted molar refractivity (Wildman–Crippen MR) is 221 cm³/mol. The largest absolute Gasteiger partial charge is 0.462 e. The van der Waals surface area contributed by atoms with Crippen molar-refractivity contribution in [2.24, 2.45) is 46.3 Å². The molecule has 288 valence electrons. The first-order valence-corrected chi connectivity index (χ1v) is 22.2. The first-order valence-electron chi connectivity index (χ1n) is 22.2. The number of rotatable bonds is 22. The fraction of sp³-hybridized carbons (Fsp3) is 0.776. The molecule has 0 unspecified atom stereocenters. The van der Waals surface area contributed by atoms with E-state index in [1.807, 2.05) is 0 Å². The molecule has 0 radical (unpaired) electrons. The molecule has 0 amide bonds. The molecule has 3 saturated carbocycles. The van der Waals surface area contributed by atoms with Gasteiger partial charge in [0.1, 0.15) is 6.10 Å². The van der Waals surface area contributed by atoms with Crippen LogP contribution < -0.4 is 0 Å². The highest BCUT2D eigenvalue weighted by atomic mass is 16.5. The van der Waals surface area contributed by atoms with Crippen molar-refractivity contribution in [3.8, 4) is 0 Å². The highest BCUT2D eigenvalue weighted by molar-refractivity contribution is 5.69. The van der Waals surface area contributed by atoms with Crippen LogP contribution in [-0.2, 0) is 9.53 Å². The van der Waals surface area contributed by atoms with Crippen LogP contribution in [0.2, 0.25) is 0 Å². The van der Waals surface area contributed by atoms with Gasteiger partial charge in [0.25, 0.3) is 0 Å². The molecule has 3 fully saturated rings. The van der Waals surface area contributed by atoms with Crippen molar-refractivity contribution in [1.82, 2.24) is 0 Å². The van der Waals surface area contributed by atoms with Crippen LogP contribution >= 0.6 is 0 Å². The second kappa shape index (κ2) is 21.8. The molecule has 51 heavy (non-hydrogen) atoms. The van der Waals surface area contributed by atoms with Gasteiger partial charge in [-0.05, 0) is 143 Å². The van der Waals surface area contributed by atoms with E-state index in [1.54, 1.807) is 5.57 Å². The molecule has 0 heterocycles. The summed E-state index contributed by atoms with van der Waals surface area (Å²) < 4.78 is 6.12. The number of carbonyl (C=O) groups is 1. The summed E-state index contributed by atoms with van der Waals surface area (Å²) in [6.45, 7) is 14.9. The molecule has 4 aliphatic carbocycles. The average molecular weight is 701 g/mol. The molecule has 0 bridgehead atoms. The molecule has 4 rings (SSSR count). The molecule has 2 heteroatoms. The SMILES string of the molecule is CCCCC/C=C/C/C=C/C/C=C/C/C=C/CCCCCC(=O)O[C@H]1CC[C@@]2(C)C(=CC[C@H]3[C@@H]4CC[C@H]([C@H](C)CCCC(C)C)[C@@]4(C)CC[C@@H]32)C1. The molecular weight excluding hydrogens is 621 g/mol. The lowest BCUT2D eigenvalue weighted by molar-refractivity contribution is -0.151. The third kappa shape index (κ3) is 12.4. The zero-order valence-electron chi connectivity index (χ0n) is 34.3. The van der Waals surface area contributed by atoms with E-state index in [9.17, 15) is 4.79 Å². The first-order chi connectivity index (χ1) is 24.7. The van der Waals surface area contributed by atoms with Gasteiger partial charge in [-0.15, -0.1) is 0 Å². The Balaban J connectivity index is 1.09. The van der Waals surface area contributed by atoms with Crippen LogP contribution in [0.4, 0.5) is 0 Å². The normalized spacial score (nSPS) is 31.4.